The predicted octanol–water partition coefficient (Wildman–Crippen LogP) is 0.839. The van der Waals surface area contributed by atoms with Crippen LogP contribution in [-0.4, -0.2) is 27.5 Å². The Morgan fingerprint density at radius 2 is 2.58 bits per heavy atom. The number of alkyl halides is 1. The minimum atomic E-state index is -0.881. The summed E-state index contributed by atoms with van der Waals surface area (Å²) >= 11 is 0. The van der Waals surface area contributed by atoms with Crippen molar-refractivity contribution in [1.82, 2.24) is 15.0 Å². The molecule has 0 aromatic carbocycles. The summed E-state index contributed by atoms with van der Waals surface area (Å²) < 4.78 is 13.8. The Hall–Kier alpha value is -1.26. The summed E-state index contributed by atoms with van der Waals surface area (Å²) in [6.45, 7) is 1.86. The number of aromatic nitrogens is 3. The molecule has 1 heterocycles. The average Bonchev–Trinajstić information content (AvgIpc) is 2.47. The van der Waals surface area contributed by atoms with Gasteiger partial charge in [-0.2, -0.15) is 0 Å². The fraction of sp³-hybridized carbons (Fsp3) is 0.571. The van der Waals surface area contributed by atoms with Gasteiger partial charge in [0, 0.05) is 6.54 Å². The fourth-order valence-corrected chi connectivity index (χ4v) is 0.831. The Morgan fingerprint density at radius 1 is 1.83 bits per heavy atom. The van der Waals surface area contributed by atoms with Crippen LogP contribution in [0.3, 0.4) is 0 Å². The van der Waals surface area contributed by atoms with Gasteiger partial charge in [0.05, 0.1) is 12.4 Å². The number of hydrogen-bond donors (Lipinski definition) is 0. The molecule has 0 saturated heterocycles. The van der Waals surface area contributed by atoms with Gasteiger partial charge in [-0.25, -0.2) is 9.07 Å². The van der Waals surface area contributed by atoms with Crippen molar-refractivity contribution in [2.45, 2.75) is 26.1 Å². The van der Waals surface area contributed by atoms with Gasteiger partial charge < -0.3 is 0 Å². The molecule has 1 aromatic rings. The lowest BCUT2D eigenvalue weighted by Crippen LogP contribution is -2.08. The second-order valence-corrected chi connectivity index (χ2v) is 2.57. The Kier molecular flexibility index (Phi) is 2.90. The summed E-state index contributed by atoms with van der Waals surface area (Å²) in [5, 5.41) is 7.16. The Balaban J connectivity index is 2.56. The Bertz CT molecular complexity index is 259. The molecule has 12 heavy (non-hydrogen) atoms. The lowest BCUT2D eigenvalue weighted by molar-refractivity contribution is 0.111. The summed E-state index contributed by atoms with van der Waals surface area (Å²) in [7, 11) is 0. The third kappa shape index (κ3) is 2.11. The largest absolute Gasteiger partial charge is 0.296 e. The summed E-state index contributed by atoms with van der Waals surface area (Å²) in [5.74, 6) is 0. The number of carbonyl (C=O) groups excluding carboxylic acids is 1. The monoisotopic (exact) mass is 171 g/mol. The zero-order valence-electron chi connectivity index (χ0n) is 6.77. The molecule has 4 nitrogen and oxygen atoms in total. The second-order valence-electron chi connectivity index (χ2n) is 2.57. The molecule has 0 spiro atoms. The van der Waals surface area contributed by atoms with E-state index in [2.05, 4.69) is 10.3 Å². The molecule has 0 amide bonds. The maximum atomic E-state index is 12.4. The van der Waals surface area contributed by atoms with Gasteiger partial charge in [0.2, 0.25) is 0 Å². The first-order valence-corrected chi connectivity index (χ1v) is 3.71. The van der Waals surface area contributed by atoms with Crippen LogP contribution in [0.2, 0.25) is 0 Å². The van der Waals surface area contributed by atoms with Gasteiger partial charge in [-0.3, -0.25) is 4.79 Å². The topological polar surface area (TPSA) is 47.8 Å². The first-order chi connectivity index (χ1) is 5.74. The van der Waals surface area contributed by atoms with Crippen molar-refractivity contribution in [3.05, 3.63) is 11.9 Å². The Morgan fingerprint density at radius 3 is 3.17 bits per heavy atom. The average molecular weight is 171 g/mol. The predicted molar refractivity (Wildman–Crippen MR) is 40.6 cm³/mol. The standard InChI is InChI=1S/C7H10FN3O/c1-6(8)2-3-11-7(5-12)4-9-10-11/h4-6H,2-3H2,1H3. The lowest BCUT2D eigenvalue weighted by Gasteiger charge is -2.01. The van der Waals surface area contributed by atoms with Crippen LogP contribution in [-0.2, 0) is 6.54 Å². The van der Waals surface area contributed by atoms with E-state index in [1.165, 1.54) is 17.8 Å². The van der Waals surface area contributed by atoms with Crippen LogP contribution >= 0.6 is 0 Å². The van der Waals surface area contributed by atoms with E-state index in [-0.39, 0.29) is 0 Å². The minimum absolute atomic E-state index is 0.351. The van der Waals surface area contributed by atoms with Crippen molar-refractivity contribution in [3.63, 3.8) is 0 Å². The number of rotatable bonds is 4. The van der Waals surface area contributed by atoms with Gasteiger partial charge >= 0.3 is 0 Å². The van der Waals surface area contributed by atoms with Crippen LogP contribution in [0.25, 0.3) is 0 Å². The lowest BCUT2D eigenvalue weighted by atomic mass is 10.3. The van der Waals surface area contributed by atoms with E-state index < -0.39 is 6.17 Å². The van der Waals surface area contributed by atoms with Gasteiger partial charge in [-0.05, 0) is 13.3 Å². The number of hydrogen-bond acceptors (Lipinski definition) is 3. The first kappa shape index (κ1) is 8.83. The molecule has 1 rings (SSSR count). The normalized spacial score (nSPS) is 12.8. The molecule has 0 aliphatic heterocycles. The van der Waals surface area contributed by atoms with Crippen molar-refractivity contribution in [3.8, 4) is 0 Å². The molecule has 66 valence electrons. The third-order valence-corrected chi connectivity index (χ3v) is 1.51. The van der Waals surface area contributed by atoms with Crippen LogP contribution in [0.1, 0.15) is 23.8 Å². The Labute approximate surface area is 69.4 Å². The summed E-state index contributed by atoms with van der Waals surface area (Å²) in [6.07, 6.45) is 1.48. The van der Waals surface area contributed by atoms with Crippen molar-refractivity contribution in [1.29, 1.82) is 0 Å². The van der Waals surface area contributed by atoms with Crippen molar-refractivity contribution < 1.29 is 9.18 Å². The van der Waals surface area contributed by atoms with Crippen LogP contribution in [0.5, 0.6) is 0 Å². The SMILES string of the molecule is CC(F)CCn1nncc1C=O. The molecule has 0 N–H and O–H groups in total. The number of carbonyl (C=O) groups is 1. The fourth-order valence-electron chi connectivity index (χ4n) is 0.831. The summed E-state index contributed by atoms with van der Waals surface area (Å²) in [6, 6.07) is 0. The molecule has 0 aliphatic carbocycles. The second kappa shape index (κ2) is 3.94. The maximum absolute atomic E-state index is 12.4. The minimum Gasteiger partial charge on any atom is -0.296 e. The molecule has 0 aliphatic rings. The molecule has 1 unspecified atom stereocenters. The van der Waals surface area contributed by atoms with Gasteiger partial charge in [0.1, 0.15) is 5.69 Å². The van der Waals surface area contributed by atoms with Gasteiger partial charge in [0.15, 0.2) is 6.29 Å². The van der Waals surface area contributed by atoms with E-state index >= 15 is 0 Å². The smallest absolute Gasteiger partial charge is 0.169 e. The van der Waals surface area contributed by atoms with Crippen LogP contribution in [0.4, 0.5) is 4.39 Å². The zero-order chi connectivity index (χ0) is 8.97. The van der Waals surface area contributed by atoms with E-state index in [9.17, 15) is 9.18 Å². The molecule has 1 aromatic heterocycles. The molecule has 0 bridgehead atoms. The maximum Gasteiger partial charge on any atom is 0.169 e. The summed E-state index contributed by atoms with van der Waals surface area (Å²) in [4.78, 5) is 10.3. The van der Waals surface area contributed by atoms with Crippen molar-refractivity contribution in [2.75, 3.05) is 0 Å². The summed E-state index contributed by atoms with van der Waals surface area (Å²) in [5.41, 5.74) is 0.385. The zero-order valence-corrected chi connectivity index (χ0v) is 6.77. The van der Waals surface area contributed by atoms with Crippen LogP contribution < -0.4 is 0 Å². The van der Waals surface area contributed by atoms with Crippen molar-refractivity contribution in [2.24, 2.45) is 0 Å². The van der Waals surface area contributed by atoms with E-state index in [0.29, 0.717) is 24.9 Å². The highest BCUT2D eigenvalue weighted by Crippen LogP contribution is 2.00. The van der Waals surface area contributed by atoms with Crippen LogP contribution in [0, 0.1) is 0 Å². The number of halogens is 1. The molecule has 0 radical (unpaired) electrons. The molecular weight excluding hydrogens is 161 g/mol. The molecule has 1 atom stereocenters. The van der Waals surface area contributed by atoms with E-state index in [4.69, 9.17) is 0 Å². The van der Waals surface area contributed by atoms with Crippen LogP contribution in [0.15, 0.2) is 6.20 Å². The first-order valence-electron chi connectivity index (χ1n) is 3.71. The number of aryl methyl sites for hydroxylation is 1. The van der Waals surface area contributed by atoms with Gasteiger partial charge in [-0.15, -0.1) is 5.10 Å². The number of aldehydes is 1. The highest BCUT2D eigenvalue weighted by Gasteiger charge is 2.04. The quantitative estimate of drug-likeness (QED) is 0.630. The number of nitrogens with zero attached hydrogens (tertiary/aromatic N) is 3. The molecular formula is C7H10FN3O. The van der Waals surface area contributed by atoms with E-state index in [1.807, 2.05) is 0 Å². The highest BCUT2D eigenvalue weighted by molar-refractivity contribution is 5.71. The van der Waals surface area contributed by atoms with Gasteiger partial charge in [0.25, 0.3) is 0 Å². The van der Waals surface area contributed by atoms with E-state index in [0.717, 1.165) is 0 Å². The van der Waals surface area contributed by atoms with Gasteiger partial charge in [-0.1, -0.05) is 5.21 Å². The van der Waals surface area contributed by atoms with E-state index in [1.54, 1.807) is 0 Å². The molecule has 5 heteroatoms. The van der Waals surface area contributed by atoms with Crippen molar-refractivity contribution >= 4 is 6.29 Å². The third-order valence-electron chi connectivity index (χ3n) is 1.51. The highest BCUT2D eigenvalue weighted by atomic mass is 19.1. The molecule has 0 saturated carbocycles. The molecule has 0 fully saturated rings.